The van der Waals surface area contributed by atoms with Crippen molar-refractivity contribution < 1.29 is 14.4 Å². The highest BCUT2D eigenvalue weighted by atomic mass is 16.2. The van der Waals surface area contributed by atoms with E-state index in [9.17, 15) is 14.4 Å². The van der Waals surface area contributed by atoms with Crippen molar-refractivity contribution in [3.63, 3.8) is 0 Å². The molecule has 0 unspecified atom stereocenters. The molecule has 0 radical (unpaired) electrons. The van der Waals surface area contributed by atoms with Gasteiger partial charge in [0.1, 0.15) is 0 Å². The maximum absolute atomic E-state index is 13.0. The quantitative estimate of drug-likeness (QED) is 0.536. The van der Waals surface area contributed by atoms with Crippen LogP contribution >= 0.6 is 0 Å². The molecule has 3 aromatic carbocycles. The van der Waals surface area contributed by atoms with Crippen molar-refractivity contribution in [1.82, 2.24) is 10.2 Å². The summed E-state index contributed by atoms with van der Waals surface area (Å²) in [6.07, 6.45) is 0.153. The standard InChI is InChI=1S/C24H20N2O3.2C2H6/c27-22-14-19-11-12-20(23(28)25-15-17-7-3-1-4-8-17)13-21(19)24(29)26(22)16-18-9-5-2-6-10-18;2*1-2/h1-13H,14-16H2,(H,25,28);2*1-2H3. The van der Waals surface area contributed by atoms with E-state index in [1.165, 1.54) is 4.90 Å². The molecule has 1 heterocycles. The lowest BCUT2D eigenvalue weighted by Gasteiger charge is -2.27. The van der Waals surface area contributed by atoms with Crippen molar-refractivity contribution in [3.05, 3.63) is 107 Å². The highest BCUT2D eigenvalue weighted by Crippen LogP contribution is 2.23. The average molecular weight is 445 g/mol. The van der Waals surface area contributed by atoms with Crippen molar-refractivity contribution in [2.75, 3.05) is 0 Å². The minimum absolute atomic E-state index is 0.153. The van der Waals surface area contributed by atoms with Crippen LogP contribution < -0.4 is 5.32 Å². The maximum atomic E-state index is 13.0. The van der Waals surface area contributed by atoms with E-state index in [-0.39, 0.29) is 30.7 Å². The molecule has 1 aliphatic heterocycles. The van der Waals surface area contributed by atoms with Crippen molar-refractivity contribution >= 4 is 17.7 Å². The second-order valence-corrected chi connectivity index (χ2v) is 6.99. The van der Waals surface area contributed by atoms with Gasteiger partial charge < -0.3 is 5.32 Å². The first-order chi connectivity index (χ1) is 16.1. The number of fused-ring (bicyclic) bond motifs is 1. The molecular weight excluding hydrogens is 412 g/mol. The van der Waals surface area contributed by atoms with Crippen LogP contribution in [-0.4, -0.2) is 22.6 Å². The van der Waals surface area contributed by atoms with Gasteiger partial charge in [-0.05, 0) is 28.8 Å². The summed E-state index contributed by atoms with van der Waals surface area (Å²) in [6.45, 7) is 8.63. The first-order valence-corrected chi connectivity index (χ1v) is 11.5. The van der Waals surface area contributed by atoms with Gasteiger partial charge in [-0.1, -0.05) is 94.4 Å². The Morgan fingerprint density at radius 3 is 2.00 bits per heavy atom. The highest BCUT2D eigenvalue weighted by molar-refractivity contribution is 6.10. The van der Waals surface area contributed by atoms with Gasteiger partial charge in [0.25, 0.3) is 11.8 Å². The monoisotopic (exact) mass is 444 g/mol. The minimum atomic E-state index is -0.363. The van der Waals surface area contributed by atoms with Crippen LogP contribution in [0.3, 0.4) is 0 Å². The number of imide groups is 1. The smallest absolute Gasteiger partial charge is 0.261 e. The normalized spacial score (nSPS) is 11.9. The SMILES string of the molecule is CC.CC.O=C(NCc1ccccc1)c1ccc2c(c1)C(=O)N(Cc1ccccc1)C(=O)C2. The summed E-state index contributed by atoms with van der Waals surface area (Å²) >= 11 is 0. The Balaban J connectivity index is 0.000000914. The summed E-state index contributed by atoms with van der Waals surface area (Å²) < 4.78 is 0. The van der Waals surface area contributed by atoms with Crippen LogP contribution in [0.15, 0.2) is 78.9 Å². The maximum Gasteiger partial charge on any atom is 0.261 e. The molecule has 0 aromatic heterocycles. The van der Waals surface area contributed by atoms with Crippen LogP contribution in [0, 0.1) is 0 Å². The molecule has 5 nitrogen and oxygen atoms in total. The Kier molecular flexibility index (Phi) is 10.0. The molecule has 4 rings (SSSR count). The predicted octanol–water partition coefficient (Wildman–Crippen LogP) is 5.39. The second kappa shape index (κ2) is 13.0. The lowest BCUT2D eigenvalue weighted by atomic mass is 9.95. The molecule has 0 saturated heterocycles. The van der Waals surface area contributed by atoms with E-state index in [2.05, 4.69) is 5.32 Å². The fourth-order valence-electron chi connectivity index (χ4n) is 3.39. The fourth-order valence-corrected chi connectivity index (χ4v) is 3.39. The van der Waals surface area contributed by atoms with Crippen molar-refractivity contribution in [3.8, 4) is 0 Å². The van der Waals surface area contributed by atoms with Crippen LogP contribution in [0.1, 0.15) is 65.1 Å². The second-order valence-electron chi connectivity index (χ2n) is 6.99. The van der Waals surface area contributed by atoms with Gasteiger partial charge in [-0.25, -0.2) is 0 Å². The first kappa shape index (κ1) is 25.5. The van der Waals surface area contributed by atoms with E-state index in [0.29, 0.717) is 23.2 Å². The molecule has 3 amide bonds. The molecule has 0 bridgehead atoms. The van der Waals surface area contributed by atoms with Crippen LogP contribution in [0.2, 0.25) is 0 Å². The van der Waals surface area contributed by atoms with Gasteiger partial charge in [0.2, 0.25) is 5.91 Å². The molecule has 0 spiro atoms. The van der Waals surface area contributed by atoms with Crippen LogP contribution in [0.25, 0.3) is 0 Å². The van der Waals surface area contributed by atoms with E-state index in [1.807, 2.05) is 88.4 Å². The van der Waals surface area contributed by atoms with Crippen LogP contribution in [0.5, 0.6) is 0 Å². The molecule has 33 heavy (non-hydrogen) atoms. The third-order valence-electron chi connectivity index (χ3n) is 4.97. The predicted molar refractivity (Wildman–Crippen MR) is 132 cm³/mol. The van der Waals surface area contributed by atoms with Gasteiger partial charge in [0.15, 0.2) is 0 Å². The Morgan fingerprint density at radius 1 is 0.818 bits per heavy atom. The number of nitrogens with one attached hydrogen (secondary N) is 1. The summed E-state index contributed by atoms with van der Waals surface area (Å²) in [5.74, 6) is -0.846. The number of rotatable bonds is 5. The number of nitrogens with zero attached hydrogens (tertiary/aromatic N) is 1. The molecular formula is C28H32N2O3. The molecule has 0 aliphatic carbocycles. The summed E-state index contributed by atoms with van der Waals surface area (Å²) in [5, 5.41) is 2.87. The molecule has 5 heteroatoms. The number of carbonyl (C=O) groups excluding carboxylic acids is 3. The van der Waals surface area contributed by atoms with Crippen molar-refractivity contribution in [2.45, 2.75) is 47.2 Å². The van der Waals surface area contributed by atoms with Crippen LogP contribution in [-0.2, 0) is 24.3 Å². The minimum Gasteiger partial charge on any atom is -0.348 e. The largest absolute Gasteiger partial charge is 0.348 e. The van der Waals surface area contributed by atoms with Crippen molar-refractivity contribution in [1.29, 1.82) is 0 Å². The third kappa shape index (κ3) is 6.62. The lowest BCUT2D eigenvalue weighted by Crippen LogP contribution is -2.42. The topological polar surface area (TPSA) is 66.5 Å². The third-order valence-corrected chi connectivity index (χ3v) is 4.97. The summed E-state index contributed by atoms with van der Waals surface area (Å²) in [7, 11) is 0. The number of benzene rings is 3. The van der Waals surface area contributed by atoms with Gasteiger partial charge in [-0.2, -0.15) is 0 Å². The summed E-state index contributed by atoms with van der Waals surface area (Å²) in [6, 6.07) is 23.9. The average Bonchev–Trinajstić information content (AvgIpc) is 2.88. The van der Waals surface area contributed by atoms with Gasteiger partial charge in [0.05, 0.1) is 13.0 Å². The van der Waals surface area contributed by atoms with Crippen LogP contribution in [0.4, 0.5) is 0 Å². The summed E-state index contributed by atoms with van der Waals surface area (Å²) in [5.41, 5.74) is 3.35. The van der Waals surface area contributed by atoms with Gasteiger partial charge in [-0.15, -0.1) is 0 Å². The number of hydrogen-bond donors (Lipinski definition) is 1. The molecule has 1 aliphatic rings. The van der Waals surface area contributed by atoms with E-state index in [4.69, 9.17) is 0 Å². The van der Waals surface area contributed by atoms with Crippen molar-refractivity contribution in [2.24, 2.45) is 0 Å². The van der Waals surface area contributed by atoms with E-state index in [0.717, 1.165) is 11.1 Å². The van der Waals surface area contributed by atoms with E-state index >= 15 is 0 Å². The Morgan fingerprint density at radius 2 is 1.39 bits per heavy atom. The van der Waals surface area contributed by atoms with Gasteiger partial charge >= 0.3 is 0 Å². The fraction of sp³-hybridized carbons (Fsp3) is 0.250. The van der Waals surface area contributed by atoms with E-state index in [1.54, 1.807) is 18.2 Å². The number of carbonyl (C=O) groups is 3. The first-order valence-electron chi connectivity index (χ1n) is 11.5. The highest BCUT2D eigenvalue weighted by Gasteiger charge is 2.31. The van der Waals surface area contributed by atoms with Gasteiger partial charge in [0, 0.05) is 17.7 Å². The Bertz CT molecular complexity index is 1060. The van der Waals surface area contributed by atoms with Gasteiger partial charge in [-0.3, -0.25) is 19.3 Å². The molecule has 0 atom stereocenters. The molecule has 1 N–H and O–H groups in total. The number of hydrogen-bond acceptors (Lipinski definition) is 3. The lowest BCUT2D eigenvalue weighted by molar-refractivity contribution is -0.128. The molecule has 3 aromatic rings. The zero-order valence-electron chi connectivity index (χ0n) is 19.8. The Hall–Kier alpha value is -3.73. The Labute approximate surface area is 196 Å². The molecule has 172 valence electrons. The van der Waals surface area contributed by atoms with E-state index < -0.39 is 0 Å². The summed E-state index contributed by atoms with van der Waals surface area (Å²) in [4.78, 5) is 39.2. The molecule has 0 saturated carbocycles. The zero-order chi connectivity index (χ0) is 24.2. The number of amides is 3. The zero-order valence-corrected chi connectivity index (χ0v) is 19.8. The molecule has 0 fully saturated rings.